The molecule has 0 heterocycles. The Balaban J connectivity index is 1.74. The summed E-state index contributed by atoms with van der Waals surface area (Å²) in [6, 6.07) is 1.63. The Labute approximate surface area is 143 Å². The number of benzene rings is 1. The number of nitrogens with one attached hydrogen (secondary N) is 3. The Morgan fingerprint density at radius 1 is 1.08 bits per heavy atom. The number of rotatable bonds is 6. The zero-order chi connectivity index (χ0) is 17.2. The molecule has 1 aromatic carbocycles. The van der Waals surface area contributed by atoms with Gasteiger partial charge in [-0.1, -0.05) is 13.0 Å². The lowest BCUT2D eigenvalue weighted by Crippen LogP contribution is -2.38. The first-order valence-electron chi connectivity index (χ1n) is 8.69. The summed E-state index contributed by atoms with van der Waals surface area (Å²) in [5.74, 6) is -0.112. The van der Waals surface area contributed by atoms with Crippen molar-refractivity contribution in [1.29, 1.82) is 0 Å². The van der Waals surface area contributed by atoms with Gasteiger partial charge in [0.2, 0.25) is 10.0 Å². The fourth-order valence-corrected chi connectivity index (χ4v) is 4.53. The van der Waals surface area contributed by atoms with Gasteiger partial charge in [0.05, 0.1) is 5.75 Å². The Morgan fingerprint density at radius 2 is 1.71 bits per heavy atom. The van der Waals surface area contributed by atoms with Gasteiger partial charge in [0, 0.05) is 12.2 Å². The lowest BCUT2D eigenvalue weighted by atomic mass is 9.99. The number of aryl methyl sites for hydroxylation is 2. The molecule has 2 aliphatic carbocycles. The maximum absolute atomic E-state index is 12.2. The number of anilines is 1. The smallest absolute Gasteiger partial charge is 0.316 e. The predicted octanol–water partition coefficient (Wildman–Crippen LogP) is 1.72. The van der Waals surface area contributed by atoms with Crippen LogP contribution < -0.4 is 15.4 Å². The van der Waals surface area contributed by atoms with Crippen molar-refractivity contribution in [3.05, 3.63) is 28.3 Å². The number of hydrogen-bond acceptors (Lipinski definition) is 4. The van der Waals surface area contributed by atoms with E-state index in [1.807, 2.05) is 6.92 Å². The molecule has 0 atom stereocenters. The third kappa shape index (κ3) is 3.72. The minimum Gasteiger partial charge on any atom is -0.316 e. The first-order chi connectivity index (χ1) is 11.5. The van der Waals surface area contributed by atoms with Crippen molar-refractivity contribution in [1.82, 2.24) is 10.0 Å². The highest BCUT2D eigenvalue weighted by Crippen LogP contribution is 2.38. The van der Waals surface area contributed by atoms with E-state index in [0.29, 0.717) is 13.1 Å². The van der Waals surface area contributed by atoms with Crippen LogP contribution in [0.2, 0.25) is 0 Å². The summed E-state index contributed by atoms with van der Waals surface area (Å²) in [7, 11) is -3.63. The van der Waals surface area contributed by atoms with Crippen molar-refractivity contribution >= 4 is 21.7 Å². The maximum Gasteiger partial charge on any atom is 0.332 e. The molecule has 3 rings (SSSR count). The molecule has 24 heavy (non-hydrogen) atoms. The summed E-state index contributed by atoms with van der Waals surface area (Å²) < 4.78 is 26.1. The molecule has 0 radical (unpaired) electrons. The van der Waals surface area contributed by atoms with Crippen LogP contribution in [0, 0.1) is 0 Å². The molecule has 7 heteroatoms. The van der Waals surface area contributed by atoms with Crippen LogP contribution in [0.15, 0.2) is 6.07 Å². The maximum atomic E-state index is 12.2. The van der Waals surface area contributed by atoms with E-state index >= 15 is 0 Å². The highest BCUT2D eigenvalue weighted by atomic mass is 32.2. The molecule has 0 saturated carbocycles. The Hall–Kier alpha value is -1.60. The van der Waals surface area contributed by atoms with Gasteiger partial charge in [-0.3, -0.25) is 0 Å². The fourth-order valence-electron chi connectivity index (χ4n) is 3.68. The molecule has 3 N–H and O–H groups in total. The molecule has 0 bridgehead atoms. The van der Waals surface area contributed by atoms with E-state index in [0.717, 1.165) is 44.2 Å². The summed E-state index contributed by atoms with van der Waals surface area (Å²) in [5.41, 5.74) is 5.85. The van der Waals surface area contributed by atoms with Crippen LogP contribution in [0.4, 0.5) is 10.5 Å². The third-order valence-corrected chi connectivity index (χ3v) is 6.00. The quantitative estimate of drug-likeness (QED) is 0.681. The van der Waals surface area contributed by atoms with E-state index in [1.165, 1.54) is 22.3 Å². The Kier molecular flexibility index (Phi) is 5.10. The van der Waals surface area contributed by atoms with Crippen molar-refractivity contribution in [2.75, 3.05) is 24.2 Å². The lowest BCUT2D eigenvalue weighted by molar-refractivity contribution is 0.256. The van der Waals surface area contributed by atoms with Crippen LogP contribution in [-0.4, -0.2) is 33.3 Å². The predicted molar refractivity (Wildman–Crippen MR) is 95.0 cm³/mol. The van der Waals surface area contributed by atoms with Crippen LogP contribution in [0.1, 0.15) is 42.0 Å². The van der Waals surface area contributed by atoms with Crippen molar-refractivity contribution in [2.24, 2.45) is 0 Å². The normalized spacial score (nSPS) is 15.9. The van der Waals surface area contributed by atoms with Gasteiger partial charge in [-0.2, -0.15) is 0 Å². The van der Waals surface area contributed by atoms with E-state index in [4.69, 9.17) is 0 Å². The molecule has 132 valence electrons. The van der Waals surface area contributed by atoms with Crippen LogP contribution in [0.3, 0.4) is 0 Å². The SMILES string of the molecule is CCNCCS(=O)(=O)NC(=O)Nc1c2c(cc3c1CCC3)CCC2. The number of hydrogen-bond donors (Lipinski definition) is 3. The zero-order valence-electron chi connectivity index (χ0n) is 14.1. The average molecular weight is 351 g/mol. The largest absolute Gasteiger partial charge is 0.332 e. The van der Waals surface area contributed by atoms with Gasteiger partial charge in [-0.05, 0) is 67.3 Å². The van der Waals surface area contributed by atoms with Crippen molar-refractivity contribution in [3.8, 4) is 0 Å². The highest BCUT2D eigenvalue weighted by Gasteiger charge is 2.25. The minimum absolute atomic E-state index is 0.112. The van der Waals surface area contributed by atoms with Crippen LogP contribution >= 0.6 is 0 Å². The first kappa shape index (κ1) is 17.2. The molecular formula is C17H25N3O3S. The lowest BCUT2D eigenvalue weighted by Gasteiger charge is -2.16. The topological polar surface area (TPSA) is 87.3 Å². The standard InChI is InChI=1S/C17H25N3O3S/c1-2-18-9-10-24(22,23)20-17(21)19-16-14-7-3-5-12(14)11-13-6-4-8-15(13)16/h11,18H,2-10H2,1H3,(H2,19,20,21). The summed E-state index contributed by atoms with van der Waals surface area (Å²) >= 11 is 0. The van der Waals surface area contributed by atoms with Gasteiger partial charge in [0.25, 0.3) is 0 Å². The van der Waals surface area contributed by atoms with Crippen LogP contribution in [-0.2, 0) is 35.7 Å². The minimum atomic E-state index is -3.63. The van der Waals surface area contributed by atoms with E-state index in [9.17, 15) is 13.2 Å². The summed E-state index contributed by atoms with van der Waals surface area (Å²) in [5, 5.41) is 5.78. The second-order valence-electron chi connectivity index (χ2n) is 6.46. The molecule has 0 aliphatic heterocycles. The summed E-state index contributed by atoms with van der Waals surface area (Å²) in [6.45, 7) is 2.93. The number of carbonyl (C=O) groups excluding carboxylic acids is 1. The van der Waals surface area contributed by atoms with Gasteiger partial charge in [0.1, 0.15) is 0 Å². The van der Waals surface area contributed by atoms with Gasteiger partial charge in [0.15, 0.2) is 0 Å². The molecular weight excluding hydrogens is 326 g/mol. The van der Waals surface area contributed by atoms with Crippen molar-refractivity contribution < 1.29 is 13.2 Å². The second-order valence-corrected chi connectivity index (χ2v) is 8.30. The number of urea groups is 1. The van der Waals surface area contributed by atoms with Crippen LogP contribution in [0.5, 0.6) is 0 Å². The summed E-state index contributed by atoms with van der Waals surface area (Å²) in [6.07, 6.45) is 6.17. The number of amides is 2. The van der Waals surface area contributed by atoms with Crippen molar-refractivity contribution in [2.45, 2.75) is 45.4 Å². The molecule has 0 spiro atoms. The highest BCUT2D eigenvalue weighted by molar-refractivity contribution is 7.90. The Bertz CT molecular complexity index is 712. The molecule has 2 amide bonds. The molecule has 0 fully saturated rings. The monoisotopic (exact) mass is 351 g/mol. The molecule has 0 unspecified atom stereocenters. The number of fused-ring (bicyclic) bond motifs is 2. The van der Waals surface area contributed by atoms with Gasteiger partial charge in [-0.25, -0.2) is 17.9 Å². The third-order valence-electron chi connectivity index (χ3n) is 4.76. The second kappa shape index (κ2) is 7.11. The van der Waals surface area contributed by atoms with E-state index in [-0.39, 0.29) is 5.75 Å². The average Bonchev–Trinajstić information content (AvgIpc) is 3.15. The Morgan fingerprint density at radius 3 is 2.29 bits per heavy atom. The van der Waals surface area contributed by atoms with E-state index in [1.54, 1.807) is 0 Å². The molecule has 1 aromatic rings. The molecule has 6 nitrogen and oxygen atoms in total. The van der Waals surface area contributed by atoms with Gasteiger partial charge < -0.3 is 10.6 Å². The van der Waals surface area contributed by atoms with Crippen molar-refractivity contribution in [3.63, 3.8) is 0 Å². The zero-order valence-corrected chi connectivity index (χ0v) is 14.9. The number of carbonyl (C=O) groups is 1. The molecule has 0 saturated heterocycles. The fraction of sp³-hybridized carbons (Fsp3) is 0.588. The van der Waals surface area contributed by atoms with Gasteiger partial charge in [-0.15, -0.1) is 0 Å². The van der Waals surface area contributed by atoms with Crippen LogP contribution in [0.25, 0.3) is 0 Å². The number of sulfonamides is 1. The first-order valence-corrected chi connectivity index (χ1v) is 10.3. The molecule has 2 aliphatic rings. The molecule has 0 aromatic heterocycles. The summed E-state index contributed by atoms with van der Waals surface area (Å²) in [4.78, 5) is 12.2. The van der Waals surface area contributed by atoms with E-state index < -0.39 is 16.1 Å². The van der Waals surface area contributed by atoms with Gasteiger partial charge >= 0.3 is 6.03 Å². The van der Waals surface area contributed by atoms with E-state index in [2.05, 4.69) is 21.4 Å².